The predicted molar refractivity (Wildman–Crippen MR) is 83.9 cm³/mol. The molecule has 0 fully saturated rings. The highest BCUT2D eigenvalue weighted by Crippen LogP contribution is 2.45. The molecule has 0 aromatic heterocycles. The van der Waals surface area contributed by atoms with E-state index in [2.05, 4.69) is 54.6 Å². The van der Waals surface area contributed by atoms with Gasteiger partial charge in [-0.05, 0) is 63.4 Å². The molecule has 4 rings (SSSR count). The van der Waals surface area contributed by atoms with Gasteiger partial charge in [0.15, 0.2) is 0 Å². The molecule has 3 aromatic carbocycles. The zero-order valence-corrected chi connectivity index (χ0v) is 11.3. The van der Waals surface area contributed by atoms with Crippen LogP contribution < -0.4 is 4.74 Å². The molecule has 1 heteroatoms. The normalized spacial score (nSPS) is 12.2. The molecule has 1 aliphatic rings. The first kappa shape index (κ1) is 11.3. The number of hydrogen-bond donors (Lipinski definition) is 0. The maximum absolute atomic E-state index is 5.18. The molecule has 0 bridgehead atoms. The van der Waals surface area contributed by atoms with Gasteiger partial charge in [0, 0.05) is 0 Å². The molecule has 3 aromatic rings. The molecule has 0 N–H and O–H groups in total. The van der Waals surface area contributed by atoms with E-state index in [1.165, 1.54) is 33.0 Å². The van der Waals surface area contributed by atoms with Crippen molar-refractivity contribution in [3.63, 3.8) is 0 Å². The maximum Gasteiger partial charge on any atom is 0.118 e. The van der Waals surface area contributed by atoms with Crippen molar-refractivity contribution in [3.05, 3.63) is 77.4 Å². The second kappa shape index (κ2) is 4.24. The Morgan fingerprint density at radius 3 is 1.95 bits per heavy atom. The average Bonchev–Trinajstić information content (AvgIpc) is 3.17. The van der Waals surface area contributed by atoms with Crippen molar-refractivity contribution in [1.29, 1.82) is 0 Å². The van der Waals surface area contributed by atoms with Crippen molar-refractivity contribution in [2.45, 2.75) is 0 Å². The largest absolute Gasteiger partial charge is 0.497 e. The maximum atomic E-state index is 5.18. The van der Waals surface area contributed by atoms with Crippen LogP contribution in [0, 0.1) is 0 Å². The number of ether oxygens (including phenoxy) is 1. The Labute approximate surface area is 118 Å². The summed E-state index contributed by atoms with van der Waals surface area (Å²) in [5, 5.41) is 2.62. The van der Waals surface area contributed by atoms with E-state index >= 15 is 0 Å². The minimum atomic E-state index is 0.895. The van der Waals surface area contributed by atoms with Crippen LogP contribution in [0.2, 0.25) is 0 Å². The zero-order valence-electron chi connectivity index (χ0n) is 11.3. The van der Waals surface area contributed by atoms with Crippen LogP contribution in [0.5, 0.6) is 5.75 Å². The lowest BCUT2D eigenvalue weighted by Gasteiger charge is -1.98. The van der Waals surface area contributed by atoms with Gasteiger partial charge >= 0.3 is 0 Å². The van der Waals surface area contributed by atoms with Gasteiger partial charge < -0.3 is 4.74 Å². The third kappa shape index (κ3) is 1.79. The summed E-state index contributed by atoms with van der Waals surface area (Å²) >= 11 is 0. The lowest BCUT2D eigenvalue weighted by molar-refractivity contribution is 0.415. The summed E-state index contributed by atoms with van der Waals surface area (Å²) in [4.78, 5) is 0. The van der Waals surface area contributed by atoms with Crippen LogP contribution in [0.15, 0.2) is 60.7 Å². The van der Waals surface area contributed by atoms with Gasteiger partial charge in [-0.3, -0.25) is 0 Å². The molecule has 1 nitrogen and oxygen atoms in total. The Kier molecular flexibility index (Phi) is 2.40. The van der Waals surface area contributed by atoms with Crippen LogP contribution >= 0.6 is 0 Å². The van der Waals surface area contributed by atoms with Crippen LogP contribution in [0.4, 0.5) is 0 Å². The summed E-state index contributed by atoms with van der Waals surface area (Å²) in [7, 11) is 1.69. The first-order valence-electron chi connectivity index (χ1n) is 6.74. The lowest BCUT2D eigenvalue weighted by Crippen LogP contribution is -1.81. The number of hydrogen-bond acceptors (Lipinski definition) is 1. The molecule has 1 aliphatic carbocycles. The monoisotopic (exact) mass is 258 g/mol. The quantitative estimate of drug-likeness (QED) is 0.504. The summed E-state index contributed by atoms with van der Waals surface area (Å²) < 4.78 is 5.18. The molecule has 0 radical (unpaired) electrons. The highest BCUT2D eigenvalue weighted by atomic mass is 16.5. The van der Waals surface area contributed by atoms with Gasteiger partial charge in [-0.15, -0.1) is 0 Å². The highest BCUT2D eigenvalue weighted by Gasteiger charge is 2.24. The van der Waals surface area contributed by atoms with Crippen molar-refractivity contribution in [3.8, 4) is 5.75 Å². The smallest absolute Gasteiger partial charge is 0.118 e. The molecule has 0 spiro atoms. The average molecular weight is 258 g/mol. The summed E-state index contributed by atoms with van der Waals surface area (Å²) in [5.74, 6) is 0.895. The molecular weight excluding hydrogens is 244 g/mol. The minimum absolute atomic E-state index is 0.895. The zero-order chi connectivity index (χ0) is 13.5. The molecule has 0 heterocycles. The van der Waals surface area contributed by atoms with Gasteiger partial charge in [0.2, 0.25) is 0 Å². The predicted octanol–water partition coefficient (Wildman–Crippen LogP) is 4.75. The molecule has 0 amide bonds. The van der Waals surface area contributed by atoms with E-state index < -0.39 is 0 Å². The van der Waals surface area contributed by atoms with E-state index in [9.17, 15) is 0 Å². The topological polar surface area (TPSA) is 9.23 Å². The molecule has 0 saturated heterocycles. The Hall–Kier alpha value is -2.54. The highest BCUT2D eigenvalue weighted by molar-refractivity contribution is 6.11. The van der Waals surface area contributed by atoms with E-state index in [1.54, 1.807) is 7.11 Å². The molecule has 0 atom stereocenters. The first-order valence-corrected chi connectivity index (χ1v) is 6.74. The van der Waals surface area contributed by atoms with Crippen molar-refractivity contribution < 1.29 is 4.74 Å². The van der Waals surface area contributed by atoms with Crippen LogP contribution in [0.1, 0.15) is 16.7 Å². The van der Waals surface area contributed by atoms with Crippen LogP contribution in [0.25, 0.3) is 22.4 Å². The molecule has 0 aliphatic heterocycles. The van der Waals surface area contributed by atoms with Crippen LogP contribution in [0.3, 0.4) is 0 Å². The van der Waals surface area contributed by atoms with Gasteiger partial charge in [-0.2, -0.15) is 0 Å². The summed E-state index contributed by atoms with van der Waals surface area (Å²) in [6.07, 6.45) is 2.24. The van der Waals surface area contributed by atoms with E-state index in [-0.39, 0.29) is 0 Å². The van der Waals surface area contributed by atoms with Gasteiger partial charge in [-0.1, -0.05) is 36.4 Å². The van der Waals surface area contributed by atoms with Crippen molar-refractivity contribution in [1.82, 2.24) is 0 Å². The lowest BCUT2D eigenvalue weighted by atomic mass is 10.1. The number of methoxy groups -OCH3 is 1. The Morgan fingerprint density at radius 2 is 1.40 bits per heavy atom. The minimum Gasteiger partial charge on any atom is -0.497 e. The van der Waals surface area contributed by atoms with E-state index in [0.29, 0.717) is 0 Å². The van der Waals surface area contributed by atoms with Crippen molar-refractivity contribution in [2.24, 2.45) is 0 Å². The number of fused-ring (bicyclic) bond motifs is 2. The molecule has 20 heavy (non-hydrogen) atoms. The second-order valence-corrected chi connectivity index (χ2v) is 5.08. The van der Waals surface area contributed by atoms with Crippen LogP contribution in [-0.2, 0) is 0 Å². The SMILES string of the molecule is COc1ccc(C=C2c3cc4ccccc4cc32)cc1. The van der Waals surface area contributed by atoms with Crippen molar-refractivity contribution in [2.75, 3.05) is 7.11 Å². The first-order chi connectivity index (χ1) is 9.85. The third-order valence-electron chi connectivity index (χ3n) is 3.83. The number of benzene rings is 3. The molecular formula is C19H14O. The summed E-state index contributed by atoms with van der Waals surface area (Å²) in [6, 6.07) is 21.2. The summed E-state index contributed by atoms with van der Waals surface area (Å²) in [5.41, 5.74) is 5.31. The Balaban J connectivity index is 1.72. The van der Waals surface area contributed by atoms with Crippen molar-refractivity contribution >= 4 is 22.4 Å². The standard InChI is InChI=1S/C19H14O/c1-20-16-8-6-13(7-9-16)10-17-18-11-14-4-2-3-5-15(14)12-19(17)18/h2-12H,1H3. The van der Waals surface area contributed by atoms with E-state index in [1.807, 2.05) is 12.1 Å². The third-order valence-corrected chi connectivity index (χ3v) is 3.83. The van der Waals surface area contributed by atoms with Gasteiger partial charge in [-0.25, -0.2) is 0 Å². The van der Waals surface area contributed by atoms with E-state index in [4.69, 9.17) is 4.74 Å². The molecule has 0 unspecified atom stereocenters. The molecule has 0 saturated carbocycles. The fourth-order valence-corrected chi connectivity index (χ4v) is 2.65. The Bertz CT molecular complexity index is 782. The van der Waals surface area contributed by atoms with Gasteiger partial charge in [0.1, 0.15) is 5.75 Å². The molecule has 96 valence electrons. The fraction of sp³-hybridized carbons (Fsp3) is 0.0526. The van der Waals surface area contributed by atoms with Crippen LogP contribution in [-0.4, -0.2) is 7.11 Å². The second-order valence-electron chi connectivity index (χ2n) is 5.08. The van der Waals surface area contributed by atoms with Gasteiger partial charge in [0.25, 0.3) is 0 Å². The number of rotatable bonds is 2. The summed E-state index contributed by atoms with van der Waals surface area (Å²) in [6.45, 7) is 0. The van der Waals surface area contributed by atoms with Gasteiger partial charge in [0.05, 0.1) is 7.11 Å². The van der Waals surface area contributed by atoms with E-state index in [0.717, 1.165) is 5.75 Å². The Morgan fingerprint density at radius 1 is 0.800 bits per heavy atom. The fourth-order valence-electron chi connectivity index (χ4n) is 2.65.